The van der Waals surface area contributed by atoms with Gasteiger partial charge in [0, 0.05) is 5.69 Å². The Labute approximate surface area is 135 Å². The van der Waals surface area contributed by atoms with Crippen LogP contribution < -0.4 is 5.32 Å². The average Bonchev–Trinajstić information content (AvgIpc) is 3.01. The lowest BCUT2D eigenvalue weighted by atomic mass is 10.1. The number of sulfone groups is 1. The van der Waals surface area contributed by atoms with Crippen LogP contribution in [0.15, 0.2) is 36.9 Å². The lowest BCUT2D eigenvalue weighted by molar-refractivity contribution is -0.115. The number of hydrogen-bond acceptors (Lipinski definition) is 5. The Bertz CT molecular complexity index is 757. The fourth-order valence-corrected chi connectivity index (χ4v) is 3.44. The van der Waals surface area contributed by atoms with Crippen LogP contribution >= 0.6 is 0 Å². The molecule has 1 N–H and O–H groups in total. The summed E-state index contributed by atoms with van der Waals surface area (Å²) in [5, 5.41) is 5.65. The van der Waals surface area contributed by atoms with E-state index in [1.807, 2.05) is 12.1 Å². The van der Waals surface area contributed by atoms with Gasteiger partial charge in [0.25, 0.3) is 0 Å². The first-order valence-corrected chi connectivity index (χ1v) is 9.08. The van der Waals surface area contributed by atoms with Crippen LogP contribution in [0.1, 0.15) is 25.8 Å². The second kappa shape index (κ2) is 7.36. The fraction of sp³-hybridized carbons (Fsp3) is 0.400. The van der Waals surface area contributed by atoms with Crippen LogP contribution in [0, 0.1) is 0 Å². The maximum absolute atomic E-state index is 12.3. The van der Waals surface area contributed by atoms with E-state index >= 15 is 0 Å². The Morgan fingerprint density at radius 2 is 2.09 bits per heavy atom. The van der Waals surface area contributed by atoms with Crippen LogP contribution in [0.2, 0.25) is 0 Å². The van der Waals surface area contributed by atoms with Gasteiger partial charge in [-0.2, -0.15) is 5.10 Å². The van der Waals surface area contributed by atoms with E-state index in [0.29, 0.717) is 18.7 Å². The number of nitrogens with zero attached hydrogens (tertiary/aromatic N) is 3. The number of anilines is 1. The van der Waals surface area contributed by atoms with Crippen molar-refractivity contribution in [2.45, 2.75) is 32.1 Å². The molecule has 0 saturated heterocycles. The molecule has 2 aromatic rings. The molecule has 0 fully saturated rings. The smallest absolute Gasteiger partial charge is 0.242 e. The topological polar surface area (TPSA) is 94.0 Å². The van der Waals surface area contributed by atoms with Crippen molar-refractivity contribution in [3.05, 3.63) is 42.5 Å². The first kappa shape index (κ1) is 17.1. The fourth-order valence-electron chi connectivity index (χ4n) is 2.13. The normalized spacial score (nSPS) is 12.8. The van der Waals surface area contributed by atoms with Crippen molar-refractivity contribution < 1.29 is 13.2 Å². The molecule has 1 amide bonds. The Kier molecular flexibility index (Phi) is 5.49. The molecule has 1 heterocycles. The van der Waals surface area contributed by atoms with Gasteiger partial charge in [0.1, 0.15) is 17.9 Å². The Hall–Kier alpha value is -2.22. The van der Waals surface area contributed by atoms with Gasteiger partial charge >= 0.3 is 0 Å². The quantitative estimate of drug-likeness (QED) is 0.826. The van der Waals surface area contributed by atoms with Crippen molar-refractivity contribution in [3.63, 3.8) is 0 Å². The van der Waals surface area contributed by atoms with Gasteiger partial charge in [0.05, 0.1) is 12.3 Å². The molecule has 0 unspecified atom stereocenters. The standard InChI is InChI=1S/C15H20N4O3S/c1-3-8-23(21,22)12(2)15(20)18-14-7-5-4-6-13(14)9-19-11-16-10-17-19/h4-7,10-12H,3,8-9H2,1-2H3,(H,18,20)/t12-/m1/s1. The van der Waals surface area contributed by atoms with Gasteiger partial charge in [-0.3, -0.25) is 4.79 Å². The number of carbonyl (C=O) groups excluding carboxylic acids is 1. The molecule has 8 heteroatoms. The van der Waals surface area contributed by atoms with Gasteiger partial charge in [0.2, 0.25) is 5.91 Å². The van der Waals surface area contributed by atoms with Crippen LogP contribution in [-0.2, 0) is 21.2 Å². The largest absolute Gasteiger partial charge is 0.325 e. The maximum Gasteiger partial charge on any atom is 0.242 e. The minimum absolute atomic E-state index is 0.00217. The highest BCUT2D eigenvalue weighted by molar-refractivity contribution is 7.92. The molecular weight excluding hydrogens is 316 g/mol. The first-order chi connectivity index (χ1) is 10.9. The van der Waals surface area contributed by atoms with E-state index in [9.17, 15) is 13.2 Å². The van der Waals surface area contributed by atoms with Crippen molar-refractivity contribution in [2.24, 2.45) is 0 Å². The predicted molar refractivity (Wildman–Crippen MR) is 87.7 cm³/mol. The number of amides is 1. The molecule has 0 bridgehead atoms. The minimum Gasteiger partial charge on any atom is -0.325 e. The van der Waals surface area contributed by atoms with Gasteiger partial charge < -0.3 is 5.32 Å². The summed E-state index contributed by atoms with van der Waals surface area (Å²) < 4.78 is 25.7. The van der Waals surface area contributed by atoms with Crippen LogP contribution in [0.25, 0.3) is 0 Å². The van der Waals surface area contributed by atoms with Gasteiger partial charge in [-0.1, -0.05) is 25.1 Å². The summed E-state index contributed by atoms with van der Waals surface area (Å²) in [6, 6.07) is 7.22. The summed E-state index contributed by atoms with van der Waals surface area (Å²) in [5.74, 6) is -0.521. The zero-order valence-corrected chi connectivity index (χ0v) is 14.0. The lowest BCUT2D eigenvalue weighted by Crippen LogP contribution is -2.34. The SMILES string of the molecule is CCCS(=O)(=O)[C@H](C)C(=O)Nc1ccccc1Cn1cncn1. The van der Waals surface area contributed by atoms with Crippen molar-refractivity contribution in [3.8, 4) is 0 Å². The molecule has 0 aliphatic carbocycles. The Balaban J connectivity index is 2.15. The first-order valence-electron chi connectivity index (χ1n) is 7.36. The predicted octanol–water partition coefficient (Wildman–Crippen LogP) is 1.48. The molecule has 124 valence electrons. The lowest BCUT2D eigenvalue weighted by Gasteiger charge is -2.15. The molecule has 0 aliphatic rings. The third-order valence-corrected chi connectivity index (χ3v) is 5.74. The summed E-state index contributed by atoms with van der Waals surface area (Å²) in [4.78, 5) is 16.1. The maximum atomic E-state index is 12.3. The van der Waals surface area contributed by atoms with Crippen molar-refractivity contribution in [1.29, 1.82) is 0 Å². The zero-order chi connectivity index (χ0) is 16.9. The third-order valence-electron chi connectivity index (χ3n) is 3.47. The molecule has 0 spiro atoms. The summed E-state index contributed by atoms with van der Waals surface area (Å²) in [6.07, 6.45) is 3.50. The second-order valence-electron chi connectivity index (χ2n) is 5.25. The summed E-state index contributed by atoms with van der Waals surface area (Å²) in [5.41, 5.74) is 1.40. The molecule has 0 radical (unpaired) electrons. The van der Waals surface area contributed by atoms with E-state index < -0.39 is 21.0 Å². The van der Waals surface area contributed by atoms with Crippen molar-refractivity contribution in [2.75, 3.05) is 11.1 Å². The highest BCUT2D eigenvalue weighted by Crippen LogP contribution is 2.17. The second-order valence-corrected chi connectivity index (χ2v) is 7.69. The molecule has 0 saturated carbocycles. The van der Waals surface area contributed by atoms with E-state index in [1.54, 1.807) is 30.1 Å². The van der Waals surface area contributed by atoms with Crippen molar-refractivity contribution >= 4 is 21.4 Å². The number of hydrogen-bond donors (Lipinski definition) is 1. The van der Waals surface area contributed by atoms with Crippen LogP contribution in [0.3, 0.4) is 0 Å². The summed E-state index contributed by atoms with van der Waals surface area (Å²) >= 11 is 0. The molecule has 1 atom stereocenters. The van der Waals surface area contributed by atoms with E-state index in [-0.39, 0.29) is 5.75 Å². The number of carbonyl (C=O) groups is 1. The van der Waals surface area contributed by atoms with E-state index in [0.717, 1.165) is 5.56 Å². The molecule has 23 heavy (non-hydrogen) atoms. The van der Waals surface area contributed by atoms with E-state index in [1.165, 1.54) is 13.3 Å². The van der Waals surface area contributed by atoms with Gasteiger partial charge in [-0.05, 0) is 25.0 Å². The summed E-state index contributed by atoms with van der Waals surface area (Å²) in [7, 11) is -3.43. The number of para-hydroxylation sites is 1. The van der Waals surface area contributed by atoms with Gasteiger partial charge in [-0.15, -0.1) is 0 Å². The highest BCUT2D eigenvalue weighted by atomic mass is 32.2. The van der Waals surface area contributed by atoms with E-state index in [2.05, 4.69) is 15.4 Å². The average molecular weight is 336 g/mol. The van der Waals surface area contributed by atoms with Gasteiger partial charge in [0.15, 0.2) is 9.84 Å². The van der Waals surface area contributed by atoms with Crippen molar-refractivity contribution in [1.82, 2.24) is 14.8 Å². The molecular formula is C15H20N4O3S. The molecule has 7 nitrogen and oxygen atoms in total. The van der Waals surface area contributed by atoms with Crippen LogP contribution in [0.4, 0.5) is 5.69 Å². The molecule has 0 aliphatic heterocycles. The number of benzene rings is 1. The van der Waals surface area contributed by atoms with Gasteiger partial charge in [-0.25, -0.2) is 18.1 Å². The Morgan fingerprint density at radius 1 is 1.35 bits per heavy atom. The Morgan fingerprint density at radius 3 is 2.74 bits per heavy atom. The molecule has 1 aromatic heterocycles. The monoisotopic (exact) mass is 336 g/mol. The zero-order valence-electron chi connectivity index (χ0n) is 13.1. The van der Waals surface area contributed by atoms with E-state index in [4.69, 9.17) is 0 Å². The number of rotatable bonds is 7. The van der Waals surface area contributed by atoms with Crippen LogP contribution in [0.5, 0.6) is 0 Å². The highest BCUT2D eigenvalue weighted by Gasteiger charge is 2.27. The molecule has 2 rings (SSSR count). The minimum atomic E-state index is -3.43. The number of aromatic nitrogens is 3. The summed E-state index contributed by atoms with van der Waals surface area (Å²) in [6.45, 7) is 3.63. The third kappa shape index (κ3) is 4.38. The number of nitrogens with one attached hydrogen (secondary N) is 1. The molecule has 1 aromatic carbocycles. The van der Waals surface area contributed by atoms with Crippen LogP contribution in [-0.4, -0.2) is 40.1 Å².